The summed E-state index contributed by atoms with van der Waals surface area (Å²) in [6, 6.07) is 10.2. The first-order chi connectivity index (χ1) is 14.6. The summed E-state index contributed by atoms with van der Waals surface area (Å²) in [6.45, 7) is 5.53. The van der Waals surface area contributed by atoms with Crippen molar-refractivity contribution in [1.82, 2.24) is 9.55 Å². The first-order valence-corrected chi connectivity index (χ1v) is 9.73. The van der Waals surface area contributed by atoms with E-state index in [-0.39, 0.29) is 17.1 Å². The van der Waals surface area contributed by atoms with Crippen molar-refractivity contribution in [1.29, 1.82) is 0 Å². The topological polar surface area (TPSA) is 90.1 Å². The monoisotopic (exact) mass is 419 g/mol. The van der Waals surface area contributed by atoms with Gasteiger partial charge in [-0.15, -0.1) is 0 Å². The van der Waals surface area contributed by atoms with Crippen molar-refractivity contribution in [2.45, 2.75) is 20.8 Å². The first kappa shape index (κ1) is 20.4. The van der Waals surface area contributed by atoms with E-state index in [1.807, 2.05) is 25.1 Å². The van der Waals surface area contributed by atoms with E-state index in [4.69, 9.17) is 10.5 Å². The van der Waals surface area contributed by atoms with E-state index in [1.165, 1.54) is 16.7 Å². The van der Waals surface area contributed by atoms with E-state index in [0.29, 0.717) is 33.5 Å². The SMILES string of the molecule is Cc1cc(Oc2c(C)cc(F)cc2C)cc(-c2cn(C)c(=O)c3[nH]c(C(N)=O)cc23)c1. The van der Waals surface area contributed by atoms with Crippen LogP contribution in [0.3, 0.4) is 0 Å². The van der Waals surface area contributed by atoms with Crippen molar-refractivity contribution in [2.24, 2.45) is 12.8 Å². The smallest absolute Gasteiger partial charge is 0.274 e. The number of H-pyrrole nitrogens is 1. The van der Waals surface area contributed by atoms with Crippen LogP contribution in [0, 0.1) is 26.6 Å². The zero-order valence-electron chi connectivity index (χ0n) is 17.7. The van der Waals surface area contributed by atoms with Crippen molar-refractivity contribution in [3.05, 3.63) is 81.2 Å². The second kappa shape index (κ2) is 7.43. The summed E-state index contributed by atoms with van der Waals surface area (Å²) < 4.78 is 21.2. The number of pyridine rings is 1. The van der Waals surface area contributed by atoms with Gasteiger partial charge in [-0.1, -0.05) is 6.07 Å². The molecule has 158 valence electrons. The van der Waals surface area contributed by atoms with Gasteiger partial charge in [0.25, 0.3) is 11.5 Å². The molecule has 0 aliphatic carbocycles. The normalized spacial score (nSPS) is 11.1. The van der Waals surface area contributed by atoms with Gasteiger partial charge < -0.3 is 20.0 Å². The summed E-state index contributed by atoms with van der Waals surface area (Å²) in [7, 11) is 1.65. The van der Waals surface area contributed by atoms with Crippen LogP contribution in [-0.2, 0) is 7.05 Å². The minimum atomic E-state index is -0.639. The number of nitrogens with two attached hydrogens (primary N) is 1. The first-order valence-electron chi connectivity index (χ1n) is 9.73. The Bertz CT molecular complexity index is 1390. The number of aromatic amines is 1. The lowest BCUT2D eigenvalue weighted by Gasteiger charge is -2.14. The van der Waals surface area contributed by atoms with Gasteiger partial charge >= 0.3 is 0 Å². The standard InChI is InChI=1S/C24H22FN3O3/c1-12-5-15(9-17(6-12)31-22-13(2)7-16(25)8-14(22)3)19-11-28(4)24(30)21-18(19)10-20(27-21)23(26)29/h5-11,27H,1-4H3,(H2,26,29). The number of nitrogens with one attached hydrogen (secondary N) is 1. The number of halogens is 1. The lowest BCUT2D eigenvalue weighted by Crippen LogP contribution is -2.17. The lowest BCUT2D eigenvalue weighted by molar-refractivity contribution is 0.0996. The van der Waals surface area contributed by atoms with Crippen LogP contribution in [0.4, 0.5) is 4.39 Å². The van der Waals surface area contributed by atoms with E-state index < -0.39 is 5.91 Å². The third-order valence-electron chi connectivity index (χ3n) is 5.24. The van der Waals surface area contributed by atoms with Crippen LogP contribution in [-0.4, -0.2) is 15.5 Å². The molecule has 0 unspecified atom stereocenters. The number of carbonyl (C=O) groups excluding carboxylic acids is 1. The maximum atomic E-state index is 13.7. The summed E-state index contributed by atoms with van der Waals surface area (Å²) in [5.74, 6) is 0.235. The van der Waals surface area contributed by atoms with Crippen molar-refractivity contribution < 1.29 is 13.9 Å². The summed E-state index contributed by atoms with van der Waals surface area (Å²) >= 11 is 0. The average molecular weight is 419 g/mol. The Balaban J connectivity index is 1.88. The molecule has 2 aromatic heterocycles. The highest BCUT2D eigenvalue weighted by molar-refractivity contribution is 6.02. The number of aryl methyl sites for hydroxylation is 4. The molecule has 2 heterocycles. The number of carbonyl (C=O) groups is 1. The van der Waals surface area contributed by atoms with Crippen LogP contribution >= 0.6 is 0 Å². The second-order valence-electron chi connectivity index (χ2n) is 7.80. The fourth-order valence-corrected chi connectivity index (χ4v) is 3.84. The van der Waals surface area contributed by atoms with Gasteiger partial charge in [0, 0.05) is 24.2 Å². The summed E-state index contributed by atoms with van der Waals surface area (Å²) in [5.41, 5.74) is 9.52. The van der Waals surface area contributed by atoms with Crippen molar-refractivity contribution in [3.8, 4) is 22.6 Å². The molecule has 6 nitrogen and oxygen atoms in total. The van der Waals surface area contributed by atoms with E-state index in [0.717, 1.165) is 16.7 Å². The number of nitrogens with zero attached hydrogens (tertiary/aromatic N) is 1. The zero-order valence-corrected chi connectivity index (χ0v) is 17.7. The highest BCUT2D eigenvalue weighted by Gasteiger charge is 2.16. The van der Waals surface area contributed by atoms with E-state index >= 15 is 0 Å². The number of aromatic nitrogens is 2. The number of ether oxygens (including phenoxy) is 1. The third-order valence-corrected chi connectivity index (χ3v) is 5.24. The van der Waals surface area contributed by atoms with Gasteiger partial charge in [-0.3, -0.25) is 9.59 Å². The number of benzene rings is 2. The average Bonchev–Trinajstić information content (AvgIpc) is 3.13. The fraction of sp³-hybridized carbons (Fsp3) is 0.167. The molecule has 0 fully saturated rings. The van der Waals surface area contributed by atoms with Gasteiger partial charge in [-0.25, -0.2) is 4.39 Å². The number of hydrogen-bond donors (Lipinski definition) is 2. The molecule has 4 rings (SSSR count). The van der Waals surface area contributed by atoms with Crippen LogP contribution in [0.2, 0.25) is 0 Å². The van der Waals surface area contributed by atoms with Gasteiger partial charge in [0.05, 0.1) is 0 Å². The molecule has 1 amide bonds. The van der Waals surface area contributed by atoms with Crippen LogP contribution < -0.4 is 16.0 Å². The number of amides is 1. The second-order valence-corrected chi connectivity index (χ2v) is 7.80. The van der Waals surface area contributed by atoms with Gasteiger partial charge in [0.1, 0.15) is 28.5 Å². The summed E-state index contributed by atoms with van der Waals surface area (Å²) in [5, 5.41) is 0.600. The van der Waals surface area contributed by atoms with Crippen LogP contribution in [0.1, 0.15) is 27.2 Å². The highest BCUT2D eigenvalue weighted by Crippen LogP contribution is 2.35. The summed E-state index contributed by atoms with van der Waals surface area (Å²) in [6.07, 6.45) is 1.72. The molecule has 0 bridgehead atoms. The fourth-order valence-electron chi connectivity index (χ4n) is 3.84. The van der Waals surface area contributed by atoms with Crippen molar-refractivity contribution in [2.75, 3.05) is 0 Å². The predicted octanol–water partition coefficient (Wildman–Crippen LogP) is 4.49. The molecule has 0 aliphatic heterocycles. The molecule has 0 aliphatic rings. The zero-order chi connectivity index (χ0) is 22.4. The molecule has 4 aromatic rings. The maximum Gasteiger partial charge on any atom is 0.274 e. The molecule has 0 saturated heterocycles. The van der Waals surface area contributed by atoms with Gasteiger partial charge in [0.15, 0.2) is 0 Å². The number of primary amides is 1. The number of fused-ring (bicyclic) bond motifs is 1. The Hall–Kier alpha value is -3.87. The van der Waals surface area contributed by atoms with E-state index in [1.54, 1.807) is 33.2 Å². The van der Waals surface area contributed by atoms with Crippen molar-refractivity contribution >= 4 is 16.8 Å². The number of rotatable bonds is 4. The van der Waals surface area contributed by atoms with Crippen LogP contribution in [0.15, 0.2) is 47.4 Å². The van der Waals surface area contributed by atoms with Gasteiger partial charge in [0.2, 0.25) is 0 Å². The quantitative estimate of drug-likeness (QED) is 0.511. The molecular weight excluding hydrogens is 397 g/mol. The minimum Gasteiger partial charge on any atom is -0.457 e. The molecule has 0 saturated carbocycles. The molecule has 3 N–H and O–H groups in total. The Kier molecular flexibility index (Phi) is 4.89. The Morgan fingerprint density at radius 1 is 1.06 bits per heavy atom. The molecule has 7 heteroatoms. The predicted molar refractivity (Wildman–Crippen MR) is 118 cm³/mol. The molecular formula is C24H22FN3O3. The van der Waals surface area contributed by atoms with Gasteiger partial charge in [-0.2, -0.15) is 0 Å². The van der Waals surface area contributed by atoms with Gasteiger partial charge in [-0.05, 0) is 73.4 Å². The lowest BCUT2D eigenvalue weighted by atomic mass is 10.0. The highest BCUT2D eigenvalue weighted by atomic mass is 19.1. The molecule has 0 atom stereocenters. The maximum absolute atomic E-state index is 13.7. The Morgan fingerprint density at radius 3 is 2.39 bits per heavy atom. The Labute approximate surface area is 178 Å². The number of hydrogen-bond acceptors (Lipinski definition) is 3. The van der Waals surface area contributed by atoms with Crippen LogP contribution in [0.5, 0.6) is 11.5 Å². The van der Waals surface area contributed by atoms with Crippen molar-refractivity contribution in [3.63, 3.8) is 0 Å². The third kappa shape index (κ3) is 3.70. The molecule has 31 heavy (non-hydrogen) atoms. The van der Waals surface area contributed by atoms with E-state index in [2.05, 4.69) is 4.98 Å². The molecule has 2 aromatic carbocycles. The Morgan fingerprint density at radius 2 is 1.74 bits per heavy atom. The van der Waals surface area contributed by atoms with Crippen LogP contribution in [0.25, 0.3) is 22.0 Å². The minimum absolute atomic E-state index is 0.168. The summed E-state index contributed by atoms with van der Waals surface area (Å²) in [4.78, 5) is 27.0. The molecule has 0 spiro atoms. The van der Waals surface area contributed by atoms with E-state index in [9.17, 15) is 14.0 Å². The molecule has 0 radical (unpaired) electrons. The largest absolute Gasteiger partial charge is 0.457 e.